The molecule has 0 saturated carbocycles. The third kappa shape index (κ3) is 24.6. The lowest BCUT2D eigenvalue weighted by molar-refractivity contribution is -0.139. The third-order valence-corrected chi connectivity index (χ3v) is 0.884. The van der Waals surface area contributed by atoms with Gasteiger partial charge in [0.25, 0.3) is 0 Å². The van der Waals surface area contributed by atoms with Gasteiger partial charge in [0.1, 0.15) is 0 Å². The largest absolute Gasteiger partial charge is 0.462 e. The number of rotatable bonds is 4. The average Bonchev–Trinajstić information content (AvgIpc) is 2.01. The van der Waals surface area contributed by atoms with Gasteiger partial charge in [-0.1, -0.05) is 6.58 Å². The molecule has 0 amide bonds. The van der Waals surface area contributed by atoms with Gasteiger partial charge in [-0.05, 0) is 6.92 Å². The Balaban J connectivity index is 0. The van der Waals surface area contributed by atoms with Crippen molar-refractivity contribution in [2.75, 3.05) is 13.2 Å². The predicted octanol–water partition coefficient (Wildman–Crippen LogP) is -0.165. The zero-order valence-electron chi connectivity index (χ0n) is 8.21. The summed E-state index contributed by atoms with van der Waals surface area (Å²) < 4.78 is 36.2. The van der Waals surface area contributed by atoms with Crippen molar-refractivity contribution in [3.63, 3.8) is 0 Å². The molecule has 15 heavy (non-hydrogen) atoms. The summed E-state index contributed by atoms with van der Waals surface area (Å²) in [6, 6.07) is 0. The van der Waals surface area contributed by atoms with Crippen molar-refractivity contribution in [3.05, 3.63) is 12.2 Å². The molecule has 0 heterocycles. The van der Waals surface area contributed by atoms with Crippen LogP contribution >= 0.6 is 0 Å². The zero-order valence-corrected chi connectivity index (χ0v) is 9.03. The lowest BCUT2D eigenvalue weighted by Crippen LogP contribution is -2.06. The van der Waals surface area contributed by atoms with Crippen molar-refractivity contribution in [1.82, 2.24) is 0 Å². The van der Waals surface area contributed by atoms with E-state index in [0.717, 1.165) is 0 Å². The normalized spacial score (nSPS) is 9.87. The van der Waals surface area contributed by atoms with Crippen molar-refractivity contribution >= 4 is 16.4 Å². The van der Waals surface area contributed by atoms with E-state index < -0.39 is 16.4 Å². The highest BCUT2D eigenvalue weighted by Crippen LogP contribution is 1.92. The van der Waals surface area contributed by atoms with Gasteiger partial charge in [-0.25, -0.2) is 4.79 Å². The van der Waals surface area contributed by atoms with Crippen molar-refractivity contribution in [3.8, 4) is 0 Å². The summed E-state index contributed by atoms with van der Waals surface area (Å²) >= 11 is 0. The molecule has 0 aliphatic rings. The topological polar surface area (TPSA) is 121 Å². The summed E-state index contributed by atoms with van der Waals surface area (Å²) in [7, 11) is -4.67. The summed E-state index contributed by atoms with van der Waals surface area (Å²) in [4.78, 5) is 10.6. The number of aliphatic hydroxyl groups excluding tert-OH is 1. The average molecular weight is 242 g/mol. The minimum atomic E-state index is -4.67. The van der Waals surface area contributed by atoms with Gasteiger partial charge < -0.3 is 9.84 Å². The Bertz CT molecular complexity index is 284. The number of hydrogen-bond acceptors (Lipinski definition) is 5. The van der Waals surface area contributed by atoms with Gasteiger partial charge in [0, 0.05) is 18.6 Å². The van der Waals surface area contributed by atoms with Crippen LogP contribution < -0.4 is 0 Å². The highest BCUT2D eigenvalue weighted by Gasteiger charge is 2.00. The van der Waals surface area contributed by atoms with E-state index in [4.69, 9.17) is 22.6 Å². The van der Waals surface area contributed by atoms with E-state index in [2.05, 4.69) is 11.3 Å². The number of aliphatic hydroxyl groups is 1. The van der Waals surface area contributed by atoms with Gasteiger partial charge in [-0.3, -0.25) is 9.11 Å². The molecule has 0 rings (SSSR count). The highest BCUT2D eigenvalue weighted by atomic mass is 32.3. The van der Waals surface area contributed by atoms with Gasteiger partial charge in [0.15, 0.2) is 0 Å². The van der Waals surface area contributed by atoms with Crippen LogP contribution in [0.3, 0.4) is 0 Å². The van der Waals surface area contributed by atoms with E-state index in [-0.39, 0.29) is 13.2 Å². The van der Waals surface area contributed by atoms with Crippen molar-refractivity contribution in [2.45, 2.75) is 13.3 Å². The Hall–Kier alpha value is -0.960. The van der Waals surface area contributed by atoms with Crippen molar-refractivity contribution in [1.29, 1.82) is 0 Å². The SMILES string of the molecule is C=C(C)C(=O)OCCCO.O=S(=O)(O)O. The van der Waals surface area contributed by atoms with Crippen LogP contribution in [-0.4, -0.2) is 41.8 Å². The molecule has 0 aromatic carbocycles. The van der Waals surface area contributed by atoms with Crippen LogP contribution in [-0.2, 0) is 19.9 Å². The molecule has 0 fully saturated rings. The predicted molar refractivity (Wildman–Crippen MR) is 51.7 cm³/mol. The first-order chi connectivity index (χ1) is 6.68. The molecule has 0 radical (unpaired) electrons. The molecule has 90 valence electrons. The van der Waals surface area contributed by atoms with Gasteiger partial charge in [-0.15, -0.1) is 0 Å². The summed E-state index contributed by atoms with van der Waals surface area (Å²) in [5, 5.41) is 8.30. The number of esters is 1. The van der Waals surface area contributed by atoms with E-state index in [9.17, 15) is 4.79 Å². The maximum atomic E-state index is 10.6. The van der Waals surface area contributed by atoms with Crippen LogP contribution in [0, 0.1) is 0 Å². The number of ether oxygens (including phenoxy) is 1. The Labute approximate surface area is 87.9 Å². The van der Waals surface area contributed by atoms with E-state index >= 15 is 0 Å². The highest BCUT2D eigenvalue weighted by molar-refractivity contribution is 7.79. The first-order valence-electron chi connectivity index (χ1n) is 3.82. The maximum absolute atomic E-state index is 10.6. The minimum absolute atomic E-state index is 0.0451. The van der Waals surface area contributed by atoms with Crippen molar-refractivity contribution < 1.29 is 32.2 Å². The molecule has 0 aromatic heterocycles. The van der Waals surface area contributed by atoms with E-state index in [1.165, 1.54) is 0 Å². The molecule has 0 aliphatic heterocycles. The van der Waals surface area contributed by atoms with Crippen LogP contribution in [0.15, 0.2) is 12.2 Å². The number of hydrogen-bond donors (Lipinski definition) is 3. The molecule has 0 bridgehead atoms. The lowest BCUT2D eigenvalue weighted by Gasteiger charge is -2.00. The zero-order chi connectivity index (χ0) is 12.5. The number of carbonyl (C=O) groups excluding carboxylic acids is 1. The molecule has 0 aromatic rings. The van der Waals surface area contributed by atoms with Gasteiger partial charge >= 0.3 is 16.4 Å². The second kappa shape index (κ2) is 8.36. The lowest BCUT2D eigenvalue weighted by atomic mass is 10.4. The second-order valence-corrected chi connectivity index (χ2v) is 3.34. The van der Waals surface area contributed by atoms with Crippen LogP contribution in [0.25, 0.3) is 0 Å². The fraction of sp³-hybridized carbons (Fsp3) is 0.571. The molecule has 0 spiro atoms. The van der Waals surface area contributed by atoms with Gasteiger partial charge in [0.05, 0.1) is 6.61 Å². The monoisotopic (exact) mass is 242 g/mol. The Morgan fingerprint density at radius 3 is 2.07 bits per heavy atom. The van der Waals surface area contributed by atoms with Gasteiger partial charge in [0.2, 0.25) is 0 Å². The maximum Gasteiger partial charge on any atom is 0.394 e. The van der Waals surface area contributed by atoms with E-state index in [1.807, 2.05) is 0 Å². The van der Waals surface area contributed by atoms with Crippen LogP contribution in [0.2, 0.25) is 0 Å². The standard InChI is InChI=1S/C7H12O3.H2O4S/c1-6(2)7(9)10-5-3-4-8;1-5(2,3)4/h8H,1,3-5H2,2H3;(H2,1,2,3,4). The number of carbonyl (C=O) groups is 1. The summed E-state index contributed by atoms with van der Waals surface area (Å²) in [6.45, 7) is 5.29. The molecule has 0 saturated heterocycles. The minimum Gasteiger partial charge on any atom is -0.462 e. The van der Waals surface area contributed by atoms with Crippen molar-refractivity contribution in [2.24, 2.45) is 0 Å². The van der Waals surface area contributed by atoms with E-state index in [1.54, 1.807) is 6.92 Å². The molecule has 0 aliphatic carbocycles. The summed E-state index contributed by atoms with van der Waals surface area (Å²) in [5.41, 5.74) is 0.387. The smallest absolute Gasteiger partial charge is 0.394 e. The Kier molecular flexibility index (Phi) is 9.18. The first kappa shape index (κ1) is 16.5. The van der Waals surface area contributed by atoms with Crippen LogP contribution in [0.5, 0.6) is 0 Å². The molecule has 3 N–H and O–H groups in total. The quantitative estimate of drug-likeness (QED) is 0.271. The van der Waals surface area contributed by atoms with E-state index in [0.29, 0.717) is 12.0 Å². The molecular formula is C7H14O7S. The summed E-state index contributed by atoms with van der Waals surface area (Å²) in [5.74, 6) is -0.395. The molecule has 0 atom stereocenters. The third-order valence-electron chi connectivity index (χ3n) is 0.884. The molecule has 0 unspecified atom stereocenters. The fourth-order valence-corrected chi connectivity index (χ4v) is 0.353. The van der Waals surface area contributed by atoms with Gasteiger partial charge in [-0.2, -0.15) is 8.42 Å². The van der Waals surface area contributed by atoms with Crippen LogP contribution in [0.4, 0.5) is 0 Å². The Morgan fingerprint density at radius 2 is 1.80 bits per heavy atom. The molecular weight excluding hydrogens is 228 g/mol. The fourth-order valence-electron chi connectivity index (χ4n) is 0.353. The van der Waals surface area contributed by atoms with Crippen LogP contribution in [0.1, 0.15) is 13.3 Å². The Morgan fingerprint density at radius 1 is 1.40 bits per heavy atom. The first-order valence-corrected chi connectivity index (χ1v) is 5.21. The molecule has 8 heteroatoms. The molecule has 7 nitrogen and oxygen atoms in total. The summed E-state index contributed by atoms with van der Waals surface area (Å²) in [6.07, 6.45) is 0.485. The second-order valence-electron chi connectivity index (χ2n) is 2.44.